The Hall–Kier alpha value is -2.32. The second kappa shape index (κ2) is 5.55. The van der Waals surface area contributed by atoms with E-state index in [1.54, 1.807) is 31.2 Å². The Labute approximate surface area is 115 Å². The van der Waals surface area contributed by atoms with Crippen molar-refractivity contribution in [3.05, 3.63) is 46.7 Å². The van der Waals surface area contributed by atoms with Crippen molar-refractivity contribution >= 4 is 17.6 Å². The first-order valence-corrected chi connectivity index (χ1v) is 5.96. The number of rotatable bonds is 3. The highest BCUT2D eigenvalue weighted by Gasteiger charge is 2.18. The Kier molecular flexibility index (Phi) is 3.83. The normalized spacial score (nSPS) is 9.95. The molecule has 0 amide bonds. The van der Waals surface area contributed by atoms with E-state index in [2.05, 4.69) is 5.10 Å². The van der Waals surface area contributed by atoms with Crippen LogP contribution in [0.1, 0.15) is 23.0 Å². The first-order chi connectivity index (χ1) is 9.15. The molecule has 0 saturated carbocycles. The van der Waals surface area contributed by atoms with Crippen molar-refractivity contribution in [3.8, 4) is 11.8 Å². The summed E-state index contributed by atoms with van der Waals surface area (Å²) in [5.41, 5.74) is 0.893. The number of nitriles is 1. The largest absolute Gasteiger partial charge is 0.461 e. The van der Waals surface area contributed by atoms with Gasteiger partial charge in [0.2, 0.25) is 0 Å². The van der Waals surface area contributed by atoms with Crippen LogP contribution in [0.2, 0.25) is 5.02 Å². The lowest BCUT2D eigenvalue weighted by Crippen LogP contribution is -2.08. The molecule has 19 heavy (non-hydrogen) atoms. The number of hydrogen-bond donors (Lipinski definition) is 0. The molecule has 6 heteroatoms. The van der Waals surface area contributed by atoms with Gasteiger partial charge in [-0.1, -0.05) is 11.6 Å². The van der Waals surface area contributed by atoms with Crippen molar-refractivity contribution in [2.45, 2.75) is 6.92 Å². The second-order valence-electron chi connectivity index (χ2n) is 3.64. The Balaban J connectivity index is 2.41. The quantitative estimate of drug-likeness (QED) is 0.808. The fourth-order valence-corrected chi connectivity index (χ4v) is 1.66. The zero-order chi connectivity index (χ0) is 13.8. The molecule has 0 aliphatic carbocycles. The number of benzene rings is 1. The van der Waals surface area contributed by atoms with Crippen molar-refractivity contribution in [1.29, 1.82) is 5.26 Å². The molecular formula is C13H10ClN3O2. The van der Waals surface area contributed by atoms with Crippen LogP contribution in [0.3, 0.4) is 0 Å². The monoisotopic (exact) mass is 275 g/mol. The Bertz CT molecular complexity index is 641. The lowest BCUT2D eigenvalue weighted by atomic mass is 10.3. The van der Waals surface area contributed by atoms with E-state index in [1.807, 2.05) is 6.07 Å². The van der Waals surface area contributed by atoms with Crippen LogP contribution in [0.25, 0.3) is 5.69 Å². The van der Waals surface area contributed by atoms with Gasteiger partial charge in [-0.05, 0) is 31.2 Å². The van der Waals surface area contributed by atoms with Crippen LogP contribution >= 0.6 is 11.6 Å². The molecule has 0 bridgehead atoms. The second-order valence-corrected chi connectivity index (χ2v) is 4.08. The number of halogens is 1. The van der Waals surface area contributed by atoms with Gasteiger partial charge in [-0.25, -0.2) is 9.48 Å². The predicted octanol–water partition coefficient (Wildman–Crippen LogP) is 2.57. The summed E-state index contributed by atoms with van der Waals surface area (Å²) in [6.07, 6.45) is 1.48. The van der Waals surface area contributed by atoms with Gasteiger partial charge in [0, 0.05) is 11.2 Å². The zero-order valence-corrected chi connectivity index (χ0v) is 10.9. The van der Waals surface area contributed by atoms with E-state index in [-0.39, 0.29) is 17.9 Å². The van der Waals surface area contributed by atoms with E-state index < -0.39 is 5.97 Å². The summed E-state index contributed by atoms with van der Waals surface area (Å²) < 4.78 is 6.30. The molecule has 0 unspecified atom stereocenters. The molecule has 0 N–H and O–H groups in total. The van der Waals surface area contributed by atoms with Crippen LogP contribution in [0.5, 0.6) is 0 Å². The average molecular weight is 276 g/mol. The molecule has 2 rings (SSSR count). The van der Waals surface area contributed by atoms with Gasteiger partial charge < -0.3 is 4.74 Å². The molecule has 2 aromatic rings. The van der Waals surface area contributed by atoms with Gasteiger partial charge in [0.1, 0.15) is 11.6 Å². The van der Waals surface area contributed by atoms with Crippen LogP contribution in [0.15, 0.2) is 30.5 Å². The van der Waals surface area contributed by atoms with Gasteiger partial charge in [-0.3, -0.25) is 0 Å². The van der Waals surface area contributed by atoms with Crippen molar-refractivity contribution in [2.75, 3.05) is 6.61 Å². The summed E-state index contributed by atoms with van der Waals surface area (Å²) in [6, 6.07) is 8.82. The van der Waals surface area contributed by atoms with Gasteiger partial charge in [-0.15, -0.1) is 0 Å². The molecule has 0 aliphatic rings. The molecule has 0 spiro atoms. The summed E-state index contributed by atoms with van der Waals surface area (Å²) >= 11 is 5.80. The number of esters is 1. The fourth-order valence-electron chi connectivity index (χ4n) is 1.53. The molecule has 0 radical (unpaired) electrons. The third kappa shape index (κ3) is 2.75. The zero-order valence-electron chi connectivity index (χ0n) is 10.1. The molecule has 96 valence electrons. The lowest BCUT2D eigenvalue weighted by Gasteiger charge is -2.00. The third-order valence-corrected chi connectivity index (χ3v) is 2.65. The molecule has 1 heterocycles. The minimum Gasteiger partial charge on any atom is -0.461 e. The van der Waals surface area contributed by atoms with Crippen molar-refractivity contribution in [2.24, 2.45) is 0 Å². The highest BCUT2D eigenvalue weighted by atomic mass is 35.5. The minimum atomic E-state index is -0.605. The van der Waals surface area contributed by atoms with Crippen LogP contribution < -0.4 is 0 Å². The van der Waals surface area contributed by atoms with E-state index in [0.717, 1.165) is 0 Å². The first kappa shape index (κ1) is 13.1. The summed E-state index contributed by atoms with van der Waals surface area (Å²) in [7, 11) is 0. The van der Waals surface area contributed by atoms with Gasteiger partial charge in [0.25, 0.3) is 0 Å². The number of nitrogens with zero attached hydrogens (tertiary/aromatic N) is 3. The minimum absolute atomic E-state index is 0.0132. The highest BCUT2D eigenvalue weighted by molar-refractivity contribution is 6.30. The number of carbonyl (C=O) groups excluding carboxylic acids is 1. The van der Waals surface area contributed by atoms with E-state index in [9.17, 15) is 4.79 Å². The Morgan fingerprint density at radius 1 is 1.47 bits per heavy atom. The number of hydrogen-bond acceptors (Lipinski definition) is 4. The van der Waals surface area contributed by atoms with Crippen LogP contribution in [-0.4, -0.2) is 22.4 Å². The first-order valence-electron chi connectivity index (χ1n) is 5.58. The maximum absolute atomic E-state index is 11.7. The predicted molar refractivity (Wildman–Crippen MR) is 69.2 cm³/mol. The Morgan fingerprint density at radius 3 is 2.74 bits per heavy atom. The molecule has 1 aromatic heterocycles. The lowest BCUT2D eigenvalue weighted by molar-refractivity contribution is 0.0518. The van der Waals surface area contributed by atoms with Gasteiger partial charge in [0.05, 0.1) is 12.3 Å². The highest BCUT2D eigenvalue weighted by Crippen LogP contribution is 2.15. The molecule has 0 saturated heterocycles. The summed E-state index contributed by atoms with van der Waals surface area (Å²) in [5.74, 6) is -0.605. The number of carbonyl (C=O) groups is 1. The van der Waals surface area contributed by atoms with Gasteiger partial charge in [-0.2, -0.15) is 10.4 Å². The summed E-state index contributed by atoms with van der Waals surface area (Å²) in [6.45, 7) is 1.93. The summed E-state index contributed by atoms with van der Waals surface area (Å²) in [5, 5.41) is 13.7. The maximum Gasteiger partial charge on any atom is 0.360 e. The number of aromatic nitrogens is 2. The SMILES string of the molecule is CCOC(=O)c1nn(-c2ccc(Cl)cc2)cc1C#N. The fraction of sp³-hybridized carbons (Fsp3) is 0.154. The van der Waals surface area contributed by atoms with Gasteiger partial charge >= 0.3 is 5.97 Å². The van der Waals surface area contributed by atoms with Crippen molar-refractivity contribution in [3.63, 3.8) is 0 Å². The smallest absolute Gasteiger partial charge is 0.360 e. The molecule has 0 fully saturated rings. The van der Waals surface area contributed by atoms with Crippen LogP contribution in [0, 0.1) is 11.3 Å². The van der Waals surface area contributed by atoms with Crippen molar-refractivity contribution in [1.82, 2.24) is 9.78 Å². The Morgan fingerprint density at radius 2 is 2.16 bits per heavy atom. The summed E-state index contributed by atoms with van der Waals surface area (Å²) in [4.78, 5) is 11.7. The molecule has 1 aromatic carbocycles. The van der Waals surface area contributed by atoms with Crippen LogP contribution in [-0.2, 0) is 4.74 Å². The van der Waals surface area contributed by atoms with Gasteiger partial charge in [0.15, 0.2) is 5.69 Å². The molecule has 0 atom stereocenters. The average Bonchev–Trinajstić information content (AvgIpc) is 2.84. The van der Waals surface area contributed by atoms with Crippen molar-refractivity contribution < 1.29 is 9.53 Å². The van der Waals surface area contributed by atoms with E-state index in [1.165, 1.54) is 10.9 Å². The maximum atomic E-state index is 11.7. The molecule has 5 nitrogen and oxygen atoms in total. The van der Waals surface area contributed by atoms with E-state index >= 15 is 0 Å². The molecular weight excluding hydrogens is 266 g/mol. The topological polar surface area (TPSA) is 67.9 Å². The van der Waals surface area contributed by atoms with E-state index in [4.69, 9.17) is 21.6 Å². The van der Waals surface area contributed by atoms with E-state index in [0.29, 0.717) is 10.7 Å². The van der Waals surface area contributed by atoms with Crippen LogP contribution in [0.4, 0.5) is 0 Å². The standard InChI is InChI=1S/C13H10ClN3O2/c1-2-19-13(18)12-9(7-15)8-17(16-12)11-5-3-10(14)4-6-11/h3-6,8H,2H2,1H3. The molecule has 0 aliphatic heterocycles. The number of ether oxygens (including phenoxy) is 1. The third-order valence-electron chi connectivity index (χ3n) is 2.39.